The van der Waals surface area contributed by atoms with Crippen LogP contribution in [0.1, 0.15) is 23.1 Å². The average molecular weight is 423 g/mol. The second-order valence-corrected chi connectivity index (χ2v) is 7.97. The van der Waals surface area contributed by atoms with E-state index < -0.39 is 0 Å². The molecule has 0 unspecified atom stereocenters. The molecule has 7 nitrogen and oxygen atoms in total. The monoisotopic (exact) mass is 422 g/mol. The van der Waals surface area contributed by atoms with Crippen LogP contribution in [0.15, 0.2) is 48.5 Å². The number of fused-ring (bicyclic) bond motifs is 1. The van der Waals surface area contributed by atoms with E-state index >= 15 is 0 Å². The quantitative estimate of drug-likeness (QED) is 0.718. The fraction of sp³-hybridized carbons (Fsp3) is 0.417. The molecule has 4 rings (SSSR count). The Kier molecular flexibility index (Phi) is 7.04. The molecule has 0 saturated carbocycles. The smallest absolute Gasteiger partial charge is 0.315 e. The lowest BCUT2D eigenvalue weighted by molar-refractivity contribution is -0.135. The summed E-state index contributed by atoms with van der Waals surface area (Å²) in [5.74, 6) is 0.0554. The minimum Gasteiger partial charge on any atom is -0.378 e. The first kappa shape index (κ1) is 21.2. The van der Waals surface area contributed by atoms with E-state index in [2.05, 4.69) is 64.1 Å². The van der Waals surface area contributed by atoms with Gasteiger partial charge in [0.05, 0.1) is 13.2 Å². The van der Waals surface area contributed by atoms with Crippen molar-refractivity contribution in [2.45, 2.75) is 25.9 Å². The Labute approximate surface area is 183 Å². The van der Waals surface area contributed by atoms with Crippen LogP contribution < -0.4 is 15.5 Å². The first-order chi connectivity index (χ1) is 15.2. The molecule has 2 aliphatic heterocycles. The summed E-state index contributed by atoms with van der Waals surface area (Å²) in [6, 6.07) is 16.7. The lowest BCUT2D eigenvalue weighted by atomic mass is 10.1. The number of para-hydroxylation sites is 1. The first-order valence-corrected chi connectivity index (χ1v) is 11.0. The van der Waals surface area contributed by atoms with Crippen molar-refractivity contribution in [1.29, 1.82) is 0 Å². The second-order valence-electron chi connectivity index (χ2n) is 7.97. The molecule has 2 aliphatic rings. The highest BCUT2D eigenvalue weighted by molar-refractivity contribution is 5.78. The highest BCUT2D eigenvalue weighted by Crippen LogP contribution is 2.28. The number of carbonyl (C=O) groups excluding carboxylic acids is 2. The predicted octanol–water partition coefficient (Wildman–Crippen LogP) is 2.30. The topological polar surface area (TPSA) is 73.9 Å². The lowest BCUT2D eigenvalue weighted by Gasteiger charge is -2.26. The molecular weight excluding hydrogens is 392 g/mol. The Morgan fingerprint density at radius 2 is 1.65 bits per heavy atom. The van der Waals surface area contributed by atoms with Gasteiger partial charge in [-0.3, -0.25) is 4.79 Å². The number of hydrogen-bond acceptors (Lipinski definition) is 4. The summed E-state index contributed by atoms with van der Waals surface area (Å²) in [6.45, 7) is 5.16. The van der Waals surface area contributed by atoms with Crippen LogP contribution in [0.5, 0.6) is 0 Å². The van der Waals surface area contributed by atoms with Crippen LogP contribution in [0.25, 0.3) is 0 Å². The van der Waals surface area contributed by atoms with Crippen LogP contribution in [-0.2, 0) is 29.0 Å². The Balaban J connectivity index is 1.16. The number of anilines is 1. The number of carbonyl (C=O) groups is 2. The third kappa shape index (κ3) is 5.76. The molecule has 31 heavy (non-hydrogen) atoms. The van der Waals surface area contributed by atoms with Crippen molar-refractivity contribution >= 4 is 17.6 Å². The maximum absolute atomic E-state index is 12.1. The van der Waals surface area contributed by atoms with E-state index in [-0.39, 0.29) is 11.9 Å². The maximum Gasteiger partial charge on any atom is 0.315 e. The summed E-state index contributed by atoms with van der Waals surface area (Å²) >= 11 is 0. The minimum absolute atomic E-state index is 0.0554. The summed E-state index contributed by atoms with van der Waals surface area (Å²) in [6.07, 6.45) is 1.41. The number of morpholine rings is 1. The molecule has 0 aromatic heterocycles. The Hall–Kier alpha value is -3.06. The van der Waals surface area contributed by atoms with Gasteiger partial charge in [0.1, 0.15) is 0 Å². The fourth-order valence-electron chi connectivity index (χ4n) is 4.05. The van der Waals surface area contributed by atoms with Crippen molar-refractivity contribution in [3.05, 3.63) is 65.2 Å². The molecule has 1 saturated heterocycles. The van der Waals surface area contributed by atoms with Crippen molar-refractivity contribution in [3.8, 4) is 0 Å². The molecule has 1 fully saturated rings. The van der Waals surface area contributed by atoms with Gasteiger partial charge in [-0.05, 0) is 29.2 Å². The number of rotatable bonds is 7. The summed E-state index contributed by atoms with van der Waals surface area (Å²) in [7, 11) is 0. The summed E-state index contributed by atoms with van der Waals surface area (Å²) in [4.78, 5) is 28.3. The van der Waals surface area contributed by atoms with E-state index in [4.69, 9.17) is 4.74 Å². The standard InChI is InChI=1S/C24H30N4O3/c29-23(27-13-15-31-16-14-27)9-11-25-24(30)26-17-19-5-7-20(8-6-19)18-28-12-10-21-3-1-2-4-22(21)28/h1-8H,9-18H2,(H2,25,26,30). The van der Waals surface area contributed by atoms with Crippen LogP contribution in [-0.4, -0.2) is 56.2 Å². The van der Waals surface area contributed by atoms with E-state index in [1.807, 2.05) is 0 Å². The molecule has 2 N–H and O–H groups in total. The number of urea groups is 1. The van der Waals surface area contributed by atoms with E-state index in [1.54, 1.807) is 4.90 Å². The van der Waals surface area contributed by atoms with Crippen LogP contribution in [0.3, 0.4) is 0 Å². The largest absolute Gasteiger partial charge is 0.378 e. The minimum atomic E-state index is -0.257. The number of hydrogen-bond donors (Lipinski definition) is 2. The van der Waals surface area contributed by atoms with Crippen LogP contribution >= 0.6 is 0 Å². The maximum atomic E-state index is 12.1. The normalized spacial score (nSPS) is 15.5. The molecule has 3 amide bonds. The van der Waals surface area contributed by atoms with Gasteiger partial charge in [-0.2, -0.15) is 0 Å². The van der Waals surface area contributed by atoms with Crippen LogP contribution in [0.2, 0.25) is 0 Å². The van der Waals surface area contributed by atoms with Gasteiger partial charge >= 0.3 is 6.03 Å². The van der Waals surface area contributed by atoms with Crippen molar-refractivity contribution in [2.24, 2.45) is 0 Å². The molecular formula is C24H30N4O3. The third-order valence-electron chi connectivity index (χ3n) is 5.82. The van der Waals surface area contributed by atoms with Gasteiger partial charge in [0.25, 0.3) is 0 Å². The summed E-state index contributed by atoms with van der Waals surface area (Å²) in [5.41, 5.74) is 5.05. The van der Waals surface area contributed by atoms with Crippen molar-refractivity contribution in [2.75, 3.05) is 44.3 Å². The van der Waals surface area contributed by atoms with Gasteiger partial charge < -0.3 is 25.2 Å². The molecule has 2 heterocycles. The lowest BCUT2D eigenvalue weighted by Crippen LogP contribution is -2.43. The zero-order valence-corrected chi connectivity index (χ0v) is 17.8. The SMILES string of the molecule is O=C(NCCC(=O)N1CCOCC1)NCc1ccc(CN2CCc3ccccc32)cc1. The predicted molar refractivity (Wildman–Crippen MR) is 120 cm³/mol. The summed E-state index contributed by atoms with van der Waals surface area (Å²) in [5, 5.41) is 5.61. The van der Waals surface area contributed by atoms with Crippen LogP contribution in [0.4, 0.5) is 10.5 Å². The second kappa shape index (κ2) is 10.3. The average Bonchev–Trinajstić information content (AvgIpc) is 3.22. The molecule has 2 aromatic carbocycles. The van der Waals surface area contributed by atoms with Gasteiger partial charge in [0.2, 0.25) is 5.91 Å². The molecule has 0 spiro atoms. The number of nitrogens with zero attached hydrogens (tertiary/aromatic N) is 2. The van der Waals surface area contributed by atoms with Crippen molar-refractivity contribution < 1.29 is 14.3 Å². The molecule has 0 radical (unpaired) electrons. The van der Waals surface area contributed by atoms with Gasteiger partial charge in [-0.15, -0.1) is 0 Å². The van der Waals surface area contributed by atoms with Gasteiger partial charge in [0.15, 0.2) is 0 Å². The summed E-state index contributed by atoms with van der Waals surface area (Å²) < 4.78 is 5.24. The molecule has 7 heteroatoms. The number of benzene rings is 2. The molecule has 164 valence electrons. The highest BCUT2D eigenvalue weighted by atomic mass is 16.5. The number of ether oxygens (including phenoxy) is 1. The van der Waals surface area contributed by atoms with E-state index in [0.29, 0.717) is 45.8 Å². The van der Waals surface area contributed by atoms with Crippen molar-refractivity contribution in [1.82, 2.24) is 15.5 Å². The third-order valence-corrected chi connectivity index (χ3v) is 5.82. The first-order valence-electron chi connectivity index (χ1n) is 11.0. The van der Waals surface area contributed by atoms with Crippen molar-refractivity contribution in [3.63, 3.8) is 0 Å². The van der Waals surface area contributed by atoms with E-state index in [0.717, 1.165) is 25.1 Å². The van der Waals surface area contributed by atoms with Crippen LogP contribution in [0, 0.1) is 0 Å². The fourth-order valence-corrected chi connectivity index (χ4v) is 4.05. The Morgan fingerprint density at radius 1 is 0.903 bits per heavy atom. The van der Waals surface area contributed by atoms with E-state index in [9.17, 15) is 9.59 Å². The number of amides is 3. The van der Waals surface area contributed by atoms with Gasteiger partial charge in [-0.1, -0.05) is 42.5 Å². The zero-order chi connectivity index (χ0) is 21.5. The van der Waals surface area contributed by atoms with Gasteiger partial charge in [0, 0.05) is 51.4 Å². The zero-order valence-electron chi connectivity index (χ0n) is 17.8. The Morgan fingerprint density at radius 3 is 2.45 bits per heavy atom. The Bertz CT molecular complexity index is 894. The molecule has 0 atom stereocenters. The molecule has 2 aromatic rings. The molecule has 0 bridgehead atoms. The number of nitrogens with one attached hydrogen (secondary N) is 2. The molecule has 0 aliphatic carbocycles. The van der Waals surface area contributed by atoms with E-state index in [1.165, 1.54) is 16.8 Å². The highest BCUT2D eigenvalue weighted by Gasteiger charge is 2.18. The van der Waals surface area contributed by atoms with Gasteiger partial charge in [-0.25, -0.2) is 4.79 Å².